The average Bonchev–Trinajstić information content (AvgIpc) is 3.03. The van der Waals surface area contributed by atoms with Crippen molar-refractivity contribution >= 4 is 17.7 Å². The molecule has 1 aliphatic heterocycles. The van der Waals surface area contributed by atoms with Gasteiger partial charge in [-0.15, -0.1) is 0 Å². The Kier molecular flexibility index (Phi) is 6.66. The van der Waals surface area contributed by atoms with Crippen LogP contribution < -0.4 is 15.4 Å². The molecule has 0 bridgehead atoms. The van der Waals surface area contributed by atoms with Crippen LogP contribution in [0.2, 0.25) is 0 Å². The molecule has 1 unspecified atom stereocenters. The van der Waals surface area contributed by atoms with E-state index in [0.717, 1.165) is 24.6 Å². The van der Waals surface area contributed by atoms with Crippen LogP contribution in [-0.2, 0) is 6.54 Å². The van der Waals surface area contributed by atoms with Crippen molar-refractivity contribution in [3.8, 4) is 5.88 Å². The van der Waals surface area contributed by atoms with Crippen molar-refractivity contribution < 1.29 is 4.74 Å². The van der Waals surface area contributed by atoms with Crippen molar-refractivity contribution in [3.63, 3.8) is 0 Å². The molecule has 6 heteroatoms. The summed E-state index contributed by atoms with van der Waals surface area (Å²) >= 11 is 2.05. The molecule has 2 rings (SSSR count). The predicted octanol–water partition coefficient (Wildman–Crippen LogP) is 2.04. The molecule has 1 saturated heterocycles. The third-order valence-corrected chi connectivity index (χ3v) is 4.71. The molecule has 0 radical (unpaired) electrons. The van der Waals surface area contributed by atoms with E-state index >= 15 is 0 Å². The summed E-state index contributed by atoms with van der Waals surface area (Å²) in [4.78, 5) is 8.81. The SMILES string of the molecule is CCNC(=NCc1cccnc1OC)NCC1CCCS1. The Hall–Kier alpha value is -1.43. The molecule has 0 amide bonds. The molecular formula is C15H24N4OS. The zero-order valence-corrected chi connectivity index (χ0v) is 13.6. The number of pyridine rings is 1. The van der Waals surface area contributed by atoms with E-state index in [4.69, 9.17) is 4.74 Å². The molecule has 0 spiro atoms. The summed E-state index contributed by atoms with van der Waals surface area (Å²) in [6.45, 7) is 4.46. The van der Waals surface area contributed by atoms with Gasteiger partial charge in [0.15, 0.2) is 5.96 Å². The van der Waals surface area contributed by atoms with Gasteiger partial charge in [0.1, 0.15) is 0 Å². The standard InChI is InChI=1S/C15H24N4OS/c1-3-16-15(19-11-13-7-5-9-21-13)18-10-12-6-4-8-17-14(12)20-2/h4,6,8,13H,3,5,7,9-11H2,1-2H3,(H2,16,18,19). The molecule has 2 N–H and O–H groups in total. The average molecular weight is 308 g/mol. The van der Waals surface area contributed by atoms with Crippen molar-refractivity contribution in [2.24, 2.45) is 4.99 Å². The number of aliphatic imine (C=N–C) groups is 1. The topological polar surface area (TPSA) is 58.5 Å². The maximum atomic E-state index is 5.25. The summed E-state index contributed by atoms with van der Waals surface area (Å²) in [6.07, 6.45) is 4.36. The van der Waals surface area contributed by atoms with Crippen LogP contribution in [-0.4, -0.2) is 42.1 Å². The zero-order valence-electron chi connectivity index (χ0n) is 12.8. The molecule has 1 atom stereocenters. The molecule has 2 heterocycles. The first kappa shape index (κ1) is 15.9. The summed E-state index contributed by atoms with van der Waals surface area (Å²) in [6, 6.07) is 3.90. The molecule has 1 aliphatic rings. The lowest BCUT2D eigenvalue weighted by atomic mass is 10.2. The Morgan fingerprint density at radius 1 is 1.52 bits per heavy atom. The number of guanidine groups is 1. The van der Waals surface area contributed by atoms with Crippen LogP contribution in [0.4, 0.5) is 0 Å². The van der Waals surface area contributed by atoms with Crippen LogP contribution >= 0.6 is 11.8 Å². The van der Waals surface area contributed by atoms with E-state index in [-0.39, 0.29) is 0 Å². The van der Waals surface area contributed by atoms with E-state index < -0.39 is 0 Å². The maximum Gasteiger partial charge on any atom is 0.218 e. The number of hydrogen-bond donors (Lipinski definition) is 2. The first-order valence-corrected chi connectivity index (χ1v) is 8.50. The van der Waals surface area contributed by atoms with Crippen LogP contribution in [0.1, 0.15) is 25.3 Å². The smallest absolute Gasteiger partial charge is 0.218 e. The highest BCUT2D eigenvalue weighted by Gasteiger charge is 2.15. The van der Waals surface area contributed by atoms with Gasteiger partial charge < -0.3 is 15.4 Å². The Bertz CT molecular complexity index is 461. The third kappa shape index (κ3) is 5.12. The molecule has 21 heavy (non-hydrogen) atoms. The van der Waals surface area contributed by atoms with Crippen LogP contribution in [0.15, 0.2) is 23.3 Å². The van der Waals surface area contributed by atoms with Gasteiger partial charge in [-0.2, -0.15) is 11.8 Å². The molecule has 116 valence electrons. The van der Waals surface area contributed by atoms with Crippen molar-refractivity contribution in [1.29, 1.82) is 0 Å². The van der Waals surface area contributed by atoms with Crippen LogP contribution in [0.5, 0.6) is 5.88 Å². The fraction of sp³-hybridized carbons (Fsp3) is 0.600. The van der Waals surface area contributed by atoms with Gasteiger partial charge in [0.2, 0.25) is 5.88 Å². The van der Waals surface area contributed by atoms with E-state index in [0.29, 0.717) is 17.7 Å². The van der Waals surface area contributed by atoms with Crippen LogP contribution in [0, 0.1) is 0 Å². The number of thioether (sulfide) groups is 1. The van der Waals surface area contributed by atoms with Gasteiger partial charge in [-0.3, -0.25) is 0 Å². The largest absolute Gasteiger partial charge is 0.481 e. The number of aromatic nitrogens is 1. The summed E-state index contributed by atoms with van der Waals surface area (Å²) in [5.41, 5.74) is 0.993. The number of nitrogens with one attached hydrogen (secondary N) is 2. The highest BCUT2D eigenvalue weighted by Crippen LogP contribution is 2.25. The van der Waals surface area contributed by atoms with E-state index in [1.807, 2.05) is 23.9 Å². The lowest BCUT2D eigenvalue weighted by Gasteiger charge is -2.14. The Morgan fingerprint density at radius 2 is 2.43 bits per heavy atom. The van der Waals surface area contributed by atoms with Gasteiger partial charge in [-0.05, 0) is 31.6 Å². The first-order valence-electron chi connectivity index (χ1n) is 7.45. The number of methoxy groups -OCH3 is 1. The second kappa shape index (κ2) is 8.77. The Labute approximate surface area is 131 Å². The van der Waals surface area contributed by atoms with E-state index in [1.165, 1.54) is 18.6 Å². The minimum Gasteiger partial charge on any atom is -0.481 e. The summed E-state index contributed by atoms with van der Waals surface area (Å²) in [5.74, 6) is 2.78. The minimum absolute atomic E-state index is 0.560. The number of nitrogens with zero attached hydrogens (tertiary/aromatic N) is 2. The normalized spacial score (nSPS) is 18.6. The lowest BCUT2D eigenvalue weighted by molar-refractivity contribution is 0.392. The van der Waals surface area contributed by atoms with Crippen molar-refractivity contribution in [3.05, 3.63) is 23.9 Å². The van der Waals surface area contributed by atoms with Crippen LogP contribution in [0.3, 0.4) is 0 Å². The molecule has 5 nitrogen and oxygen atoms in total. The van der Waals surface area contributed by atoms with E-state index in [2.05, 4.69) is 27.5 Å². The lowest BCUT2D eigenvalue weighted by Crippen LogP contribution is -2.40. The highest BCUT2D eigenvalue weighted by molar-refractivity contribution is 8.00. The van der Waals surface area contributed by atoms with Gasteiger partial charge in [0.05, 0.1) is 13.7 Å². The highest BCUT2D eigenvalue weighted by atomic mass is 32.2. The fourth-order valence-electron chi connectivity index (χ4n) is 2.25. The number of rotatable bonds is 6. The Balaban J connectivity index is 1.92. The predicted molar refractivity (Wildman–Crippen MR) is 89.1 cm³/mol. The summed E-state index contributed by atoms with van der Waals surface area (Å²) < 4.78 is 5.25. The zero-order chi connectivity index (χ0) is 14.9. The summed E-state index contributed by atoms with van der Waals surface area (Å²) in [7, 11) is 1.64. The minimum atomic E-state index is 0.560. The van der Waals surface area contributed by atoms with Gasteiger partial charge in [0.25, 0.3) is 0 Å². The second-order valence-electron chi connectivity index (χ2n) is 4.88. The Morgan fingerprint density at radius 3 is 3.14 bits per heavy atom. The van der Waals surface area contributed by atoms with Gasteiger partial charge in [-0.25, -0.2) is 9.98 Å². The molecule has 0 aromatic carbocycles. The third-order valence-electron chi connectivity index (χ3n) is 3.32. The molecule has 1 aromatic heterocycles. The van der Waals surface area contributed by atoms with Crippen molar-refractivity contribution in [2.75, 3.05) is 26.0 Å². The first-order chi connectivity index (χ1) is 10.3. The molecule has 0 saturated carbocycles. The van der Waals surface area contributed by atoms with Crippen molar-refractivity contribution in [2.45, 2.75) is 31.6 Å². The molecule has 1 fully saturated rings. The molecule has 0 aliphatic carbocycles. The number of ether oxygens (including phenoxy) is 1. The molecular weight excluding hydrogens is 284 g/mol. The van der Waals surface area contributed by atoms with Gasteiger partial charge >= 0.3 is 0 Å². The van der Waals surface area contributed by atoms with Gasteiger partial charge in [0, 0.05) is 30.1 Å². The maximum absolute atomic E-state index is 5.25. The van der Waals surface area contributed by atoms with Crippen molar-refractivity contribution in [1.82, 2.24) is 15.6 Å². The van der Waals surface area contributed by atoms with E-state index in [9.17, 15) is 0 Å². The number of hydrogen-bond acceptors (Lipinski definition) is 4. The summed E-state index contributed by atoms with van der Waals surface area (Å²) in [5, 5.41) is 7.42. The van der Waals surface area contributed by atoms with Gasteiger partial charge in [-0.1, -0.05) is 6.07 Å². The van der Waals surface area contributed by atoms with E-state index in [1.54, 1.807) is 13.3 Å². The molecule has 1 aromatic rings. The van der Waals surface area contributed by atoms with Crippen LogP contribution in [0.25, 0.3) is 0 Å². The monoisotopic (exact) mass is 308 g/mol. The fourth-order valence-corrected chi connectivity index (χ4v) is 3.45. The second-order valence-corrected chi connectivity index (χ2v) is 6.29. The quantitative estimate of drug-likeness (QED) is 0.622.